The quantitative estimate of drug-likeness (QED) is 0.640. The van der Waals surface area contributed by atoms with Crippen LogP contribution in [-0.4, -0.2) is 31.1 Å². The minimum atomic E-state index is -0.101. The van der Waals surface area contributed by atoms with Crippen LogP contribution in [0.15, 0.2) is 72.9 Å². The molecule has 0 aliphatic heterocycles. The average molecular weight is 375 g/mol. The van der Waals surface area contributed by atoms with Crippen LogP contribution in [0.5, 0.6) is 5.75 Å². The van der Waals surface area contributed by atoms with Gasteiger partial charge in [0.1, 0.15) is 11.6 Å². The molecular weight excluding hydrogens is 350 g/mol. The highest BCUT2D eigenvalue weighted by Crippen LogP contribution is 2.23. The second-order valence-electron chi connectivity index (χ2n) is 6.34. The molecule has 2 aromatic carbocycles. The number of methoxy groups -OCH3 is 1. The molecule has 3 aromatic rings. The first-order valence-electron chi connectivity index (χ1n) is 9.41. The predicted molar refractivity (Wildman–Crippen MR) is 112 cm³/mol. The smallest absolute Gasteiger partial charge is 0.251 e. The number of para-hydroxylation sites is 1. The van der Waals surface area contributed by atoms with Crippen LogP contribution in [0.25, 0.3) is 0 Å². The van der Waals surface area contributed by atoms with E-state index in [0.29, 0.717) is 12.1 Å². The molecule has 0 unspecified atom stereocenters. The number of ether oxygens (including phenoxy) is 1. The Morgan fingerprint density at radius 3 is 2.64 bits per heavy atom. The van der Waals surface area contributed by atoms with Gasteiger partial charge in [0.2, 0.25) is 0 Å². The second kappa shape index (κ2) is 9.55. The van der Waals surface area contributed by atoms with E-state index in [4.69, 9.17) is 4.74 Å². The lowest BCUT2D eigenvalue weighted by Gasteiger charge is -2.22. The van der Waals surface area contributed by atoms with Gasteiger partial charge in [-0.2, -0.15) is 0 Å². The van der Waals surface area contributed by atoms with E-state index in [9.17, 15) is 4.79 Å². The maximum atomic E-state index is 12.6. The third kappa shape index (κ3) is 4.88. The van der Waals surface area contributed by atoms with E-state index in [2.05, 4.69) is 22.1 Å². The largest absolute Gasteiger partial charge is 0.497 e. The molecule has 0 atom stereocenters. The Hall–Kier alpha value is -3.34. The van der Waals surface area contributed by atoms with E-state index < -0.39 is 0 Å². The Morgan fingerprint density at radius 1 is 1.07 bits per heavy atom. The Labute approximate surface area is 166 Å². The van der Waals surface area contributed by atoms with Crippen LogP contribution < -0.4 is 15.0 Å². The SMILES string of the molecule is CCN(c1ccccc1)c1cc(C(=O)NCCc2cccc(OC)c2)ccn1. The third-order valence-electron chi connectivity index (χ3n) is 4.50. The highest BCUT2D eigenvalue weighted by molar-refractivity contribution is 5.95. The van der Waals surface area contributed by atoms with Crippen LogP contribution in [0.2, 0.25) is 0 Å². The van der Waals surface area contributed by atoms with Crippen molar-refractivity contribution in [2.45, 2.75) is 13.3 Å². The molecular formula is C23H25N3O2. The molecule has 0 spiro atoms. The first-order valence-corrected chi connectivity index (χ1v) is 9.41. The Balaban J connectivity index is 1.65. The van der Waals surface area contributed by atoms with Gasteiger partial charge in [-0.3, -0.25) is 4.79 Å². The lowest BCUT2D eigenvalue weighted by molar-refractivity contribution is 0.0954. The summed E-state index contributed by atoms with van der Waals surface area (Å²) in [5.41, 5.74) is 2.77. The van der Waals surface area contributed by atoms with Gasteiger partial charge in [-0.05, 0) is 55.3 Å². The molecule has 0 fully saturated rings. The molecule has 0 bridgehead atoms. The van der Waals surface area contributed by atoms with E-state index in [1.165, 1.54) is 0 Å². The van der Waals surface area contributed by atoms with Gasteiger partial charge in [0.15, 0.2) is 0 Å². The van der Waals surface area contributed by atoms with Gasteiger partial charge in [-0.1, -0.05) is 30.3 Å². The van der Waals surface area contributed by atoms with Gasteiger partial charge in [0.25, 0.3) is 5.91 Å². The van der Waals surface area contributed by atoms with Crippen LogP contribution in [0.1, 0.15) is 22.8 Å². The van der Waals surface area contributed by atoms with Crippen LogP contribution in [0, 0.1) is 0 Å². The van der Waals surface area contributed by atoms with E-state index in [1.54, 1.807) is 19.4 Å². The number of nitrogens with one attached hydrogen (secondary N) is 1. The summed E-state index contributed by atoms with van der Waals surface area (Å²) >= 11 is 0. The first kappa shape index (κ1) is 19.4. The molecule has 1 N–H and O–H groups in total. The molecule has 1 heterocycles. The molecule has 144 valence electrons. The summed E-state index contributed by atoms with van der Waals surface area (Å²) in [5, 5.41) is 2.98. The van der Waals surface area contributed by atoms with Crippen molar-refractivity contribution >= 4 is 17.4 Å². The van der Waals surface area contributed by atoms with Crippen molar-refractivity contribution in [3.63, 3.8) is 0 Å². The molecule has 1 aromatic heterocycles. The highest BCUT2D eigenvalue weighted by atomic mass is 16.5. The normalized spacial score (nSPS) is 10.4. The molecule has 5 nitrogen and oxygen atoms in total. The second-order valence-corrected chi connectivity index (χ2v) is 6.34. The third-order valence-corrected chi connectivity index (χ3v) is 4.50. The van der Waals surface area contributed by atoms with Crippen LogP contribution in [-0.2, 0) is 6.42 Å². The number of nitrogens with zero attached hydrogens (tertiary/aromatic N) is 2. The number of hydrogen-bond donors (Lipinski definition) is 1. The van der Waals surface area contributed by atoms with Gasteiger partial charge in [0, 0.05) is 30.5 Å². The number of anilines is 2. The monoisotopic (exact) mass is 375 g/mol. The highest BCUT2D eigenvalue weighted by Gasteiger charge is 2.12. The fourth-order valence-corrected chi connectivity index (χ4v) is 3.04. The van der Waals surface area contributed by atoms with Gasteiger partial charge in [0.05, 0.1) is 7.11 Å². The molecule has 0 saturated carbocycles. The summed E-state index contributed by atoms with van der Waals surface area (Å²) in [6, 6.07) is 21.5. The molecule has 5 heteroatoms. The van der Waals surface area contributed by atoms with Crippen molar-refractivity contribution in [2.24, 2.45) is 0 Å². The van der Waals surface area contributed by atoms with Crippen LogP contribution >= 0.6 is 0 Å². The minimum absolute atomic E-state index is 0.101. The van der Waals surface area contributed by atoms with E-state index in [1.807, 2.05) is 60.7 Å². The van der Waals surface area contributed by atoms with E-state index >= 15 is 0 Å². The topological polar surface area (TPSA) is 54.5 Å². The number of carbonyl (C=O) groups is 1. The van der Waals surface area contributed by atoms with Crippen molar-refractivity contribution in [3.05, 3.63) is 84.1 Å². The molecule has 1 amide bonds. The lowest BCUT2D eigenvalue weighted by atomic mass is 10.1. The number of hydrogen-bond acceptors (Lipinski definition) is 4. The Morgan fingerprint density at radius 2 is 1.89 bits per heavy atom. The fourth-order valence-electron chi connectivity index (χ4n) is 3.04. The number of pyridine rings is 1. The fraction of sp³-hybridized carbons (Fsp3) is 0.217. The number of aromatic nitrogens is 1. The first-order chi connectivity index (χ1) is 13.7. The molecule has 0 aliphatic rings. The van der Waals surface area contributed by atoms with Crippen molar-refractivity contribution in [2.75, 3.05) is 25.1 Å². The zero-order valence-corrected chi connectivity index (χ0v) is 16.3. The number of benzene rings is 2. The van der Waals surface area contributed by atoms with Crippen LogP contribution in [0.3, 0.4) is 0 Å². The van der Waals surface area contributed by atoms with Crippen molar-refractivity contribution in [3.8, 4) is 5.75 Å². The molecule has 0 saturated heterocycles. The summed E-state index contributed by atoms with van der Waals surface area (Å²) < 4.78 is 5.24. The number of rotatable bonds is 8. The maximum Gasteiger partial charge on any atom is 0.251 e. The van der Waals surface area contributed by atoms with Crippen molar-refractivity contribution < 1.29 is 9.53 Å². The van der Waals surface area contributed by atoms with Crippen molar-refractivity contribution in [1.29, 1.82) is 0 Å². The number of carbonyl (C=O) groups excluding carboxylic acids is 1. The summed E-state index contributed by atoms with van der Waals surface area (Å²) in [6.45, 7) is 3.38. The van der Waals surface area contributed by atoms with Crippen LogP contribution in [0.4, 0.5) is 11.5 Å². The van der Waals surface area contributed by atoms with Gasteiger partial charge >= 0.3 is 0 Å². The molecule has 3 rings (SSSR count). The molecule has 28 heavy (non-hydrogen) atoms. The van der Waals surface area contributed by atoms with Gasteiger partial charge < -0.3 is 15.0 Å². The molecule has 0 radical (unpaired) electrons. The molecule has 0 aliphatic carbocycles. The van der Waals surface area contributed by atoms with Gasteiger partial charge in [-0.15, -0.1) is 0 Å². The summed E-state index contributed by atoms with van der Waals surface area (Å²) in [5.74, 6) is 1.48. The zero-order valence-electron chi connectivity index (χ0n) is 16.3. The van der Waals surface area contributed by atoms with Crippen molar-refractivity contribution in [1.82, 2.24) is 10.3 Å². The maximum absolute atomic E-state index is 12.6. The average Bonchev–Trinajstić information content (AvgIpc) is 2.75. The minimum Gasteiger partial charge on any atom is -0.497 e. The van der Waals surface area contributed by atoms with E-state index in [0.717, 1.165) is 35.8 Å². The summed E-state index contributed by atoms with van der Waals surface area (Å²) in [6.07, 6.45) is 2.42. The predicted octanol–water partition coefficient (Wildman–Crippen LogP) is 4.22. The Bertz CT molecular complexity index is 912. The van der Waals surface area contributed by atoms with E-state index in [-0.39, 0.29) is 5.91 Å². The summed E-state index contributed by atoms with van der Waals surface area (Å²) in [4.78, 5) is 19.1. The summed E-state index contributed by atoms with van der Waals surface area (Å²) in [7, 11) is 1.65. The standard InChI is InChI=1S/C23H25N3O2/c1-3-26(20-9-5-4-6-10-20)22-17-19(13-15-24-22)23(27)25-14-12-18-8-7-11-21(16-18)28-2/h4-11,13,15-17H,3,12,14H2,1-2H3,(H,25,27). The zero-order chi connectivity index (χ0) is 19.8. The Kier molecular flexibility index (Phi) is 6.63. The lowest BCUT2D eigenvalue weighted by Crippen LogP contribution is -2.26. The number of amides is 1. The van der Waals surface area contributed by atoms with Gasteiger partial charge in [-0.25, -0.2) is 4.98 Å².